The largest absolute Gasteiger partial charge is 0.387 e. The van der Waals surface area contributed by atoms with Crippen molar-refractivity contribution in [1.29, 1.82) is 0 Å². The number of rotatable bonds is 3. The lowest BCUT2D eigenvalue weighted by molar-refractivity contribution is -0.0577. The van der Waals surface area contributed by atoms with Crippen LogP contribution >= 0.6 is 0 Å². The third-order valence-corrected chi connectivity index (χ3v) is 5.60. The van der Waals surface area contributed by atoms with Crippen LogP contribution in [-0.4, -0.2) is 27.6 Å². The second-order valence-corrected chi connectivity index (χ2v) is 6.95. The number of hydrogen-bond donors (Lipinski definition) is 1. The summed E-state index contributed by atoms with van der Waals surface area (Å²) in [6.45, 7) is 8.59. The van der Waals surface area contributed by atoms with Gasteiger partial charge < -0.3 is 10.0 Å². The summed E-state index contributed by atoms with van der Waals surface area (Å²) in [6, 6.07) is 7.49. The Morgan fingerprint density at radius 1 is 1.36 bits per heavy atom. The molecule has 2 aliphatic rings. The first kappa shape index (κ1) is 15.3. The zero-order chi connectivity index (χ0) is 15.9. The van der Waals surface area contributed by atoms with Crippen LogP contribution in [0.1, 0.15) is 55.5 Å². The SMILES string of the molecule is C=C1CCCC[C@@H]1[C@@](C)(O)[C@H](C)N1Cc2ccccc2C1=O. The van der Waals surface area contributed by atoms with Crippen LogP contribution < -0.4 is 0 Å². The van der Waals surface area contributed by atoms with Crippen molar-refractivity contribution in [1.82, 2.24) is 4.90 Å². The fourth-order valence-electron chi connectivity index (χ4n) is 3.98. The molecule has 0 unspecified atom stereocenters. The first-order valence-electron chi connectivity index (χ1n) is 8.22. The number of fused-ring (bicyclic) bond motifs is 1. The Morgan fingerprint density at radius 2 is 2.09 bits per heavy atom. The van der Waals surface area contributed by atoms with Gasteiger partial charge in [-0.05, 0) is 44.7 Å². The lowest BCUT2D eigenvalue weighted by atomic mass is 9.72. The van der Waals surface area contributed by atoms with Gasteiger partial charge in [0, 0.05) is 18.0 Å². The van der Waals surface area contributed by atoms with Gasteiger partial charge in [0.05, 0.1) is 11.6 Å². The third-order valence-electron chi connectivity index (χ3n) is 5.60. The van der Waals surface area contributed by atoms with Crippen LogP contribution in [0, 0.1) is 5.92 Å². The van der Waals surface area contributed by atoms with E-state index in [2.05, 4.69) is 6.58 Å². The van der Waals surface area contributed by atoms with Gasteiger partial charge in [-0.15, -0.1) is 0 Å². The van der Waals surface area contributed by atoms with Gasteiger partial charge in [0.1, 0.15) is 0 Å². The molecule has 118 valence electrons. The Kier molecular flexibility index (Phi) is 3.85. The monoisotopic (exact) mass is 299 g/mol. The number of carbonyl (C=O) groups is 1. The molecule has 1 fully saturated rings. The second-order valence-electron chi connectivity index (χ2n) is 6.95. The zero-order valence-electron chi connectivity index (χ0n) is 13.5. The second kappa shape index (κ2) is 5.54. The quantitative estimate of drug-likeness (QED) is 0.867. The highest BCUT2D eigenvalue weighted by atomic mass is 16.3. The summed E-state index contributed by atoms with van der Waals surface area (Å²) >= 11 is 0. The van der Waals surface area contributed by atoms with Gasteiger partial charge in [-0.1, -0.05) is 36.8 Å². The van der Waals surface area contributed by atoms with E-state index < -0.39 is 5.60 Å². The Hall–Kier alpha value is -1.61. The van der Waals surface area contributed by atoms with E-state index in [1.807, 2.05) is 43.0 Å². The molecule has 1 heterocycles. The Bertz CT molecular complexity index is 605. The van der Waals surface area contributed by atoms with Gasteiger partial charge in [-0.2, -0.15) is 0 Å². The molecule has 0 bridgehead atoms. The molecule has 3 rings (SSSR count). The van der Waals surface area contributed by atoms with Crippen molar-refractivity contribution in [3.63, 3.8) is 0 Å². The van der Waals surface area contributed by atoms with E-state index in [4.69, 9.17) is 0 Å². The molecule has 0 aromatic heterocycles. The summed E-state index contributed by atoms with van der Waals surface area (Å²) in [5.41, 5.74) is 2.02. The first-order valence-corrected chi connectivity index (χ1v) is 8.22. The van der Waals surface area contributed by atoms with E-state index in [0.717, 1.165) is 42.4 Å². The van der Waals surface area contributed by atoms with Crippen LogP contribution in [0.4, 0.5) is 0 Å². The highest BCUT2D eigenvalue weighted by molar-refractivity contribution is 5.98. The number of amides is 1. The molecule has 1 aromatic carbocycles. The van der Waals surface area contributed by atoms with Crippen molar-refractivity contribution in [2.75, 3.05) is 0 Å². The van der Waals surface area contributed by atoms with Crippen LogP contribution in [0.2, 0.25) is 0 Å². The van der Waals surface area contributed by atoms with Gasteiger partial charge in [-0.25, -0.2) is 0 Å². The molecule has 0 saturated heterocycles. The molecule has 3 atom stereocenters. The number of aliphatic hydroxyl groups is 1. The summed E-state index contributed by atoms with van der Waals surface area (Å²) in [6.07, 6.45) is 4.24. The van der Waals surface area contributed by atoms with Gasteiger partial charge in [0.25, 0.3) is 5.91 Å². The number of benzene rings is 1. The fraction of sp³-hybridized carbons (Fsp3) is 0.526. The van der Waals surface area contributed by atoms with Gasteiger partial charge in [-0.3, -0.25) is 4.79 Å². The highest BCUT2D eigenvalue weighted by Gasteiger charge is 2.45. The molecule has 3 heteroatoms. The van der Waals surface area contributed by atoms with E-state index in [1.54, 1.807) is 0 Å². The van der Waals surface area contributed by atoms with Crippen LogP contribution in [0.3, 0.4) is 0 Å². The summed E-state index contributed by atoms with van der Waals surface area (Å²) in [5.74, 6) is 0.109. The average Bonchev–Trinajstić information content (AvgIpc) is 2.84. The van der Waals surface area contributed by atoms with Crippen LogP contribution in [0.15, 0.2) is 36.4 Å². The van der Waals surface area contributed by atoms with Crippen LogP contribution in [-0.2, 0) is 6.54 Å². The molecule has 1 saturated carbocycles. The minimum Gasteiger partial charge on any atom is -0.387 e. The summed E-state index contributed by atoms with van der Waals surface area (Å²) < 4.78 is 0. The number of carbonyl (C=O) groups excluding carboxylic acids is 1. The Balaban J connectivity index is 1.83. The predicted molar refractivity (Wildman–Crippen MR) is 87.5 cm³/mol. The maximum atomic E-state index is 12.6. The van der Waals surface area contributed by atoms with Crippen molar-refractivity contribution in [3.05, 3.63) is 47.5 Å². The molecular formula is C19H25NO2. The van der Waals surface area contributed by atoms with E-state index in [-0.39, 0.29) is 17.9 Å². The van der Waals surface area contributed by atoms with Gasteiger partial charge in [0.15, 0.2) is 0 Å². The van der Waals surface area contributed by atoms with E-state index in [0.29, 0.717) is 6.54 Å². The molecule has 1 aliphatic carbocycles. The maximum Gasteiger partial charge on any atom is 0.254 e. The molecule has 1 N–H and O–H groups in total. The first-order chi connectivity index (χ1) is 10.4. The van der Waals surface area contributed by atoms with Crippen LogP contribution in [0.5, 0.6) is 0 Å². The molecule has 3 nitrogen and oxygen atoms in total. The van der Waals surface area contributed by atoms with E-state index in [1.165, 1.54) is 0 Å². The Morgan fingerprint density at radius 3 is 2.77 bits per heavy atom. The third kappa shape index (κ3) is 2.38. The summed E-state index contributed by atoms with van der Waals surface area (Å²) in [5, 5.41) is 11.2. The summed E-state index contributed by atoms with van der Waals surface area (Å²) in [7, 11) is 0. The van der Waals surface area contributed by atoms with Crippen molar-refractivity contribution in [2.24, 2.45) is 5.92 Å². The summed E-state index contributed by atoms with van der Waals surface area (Å²) in [4.78, 5) is 14.5. The predicted octanol–water partition coefficient (Wildman–Crippen LogP) is 3.53. The average molecular weight is 299 g/mol. The molecule has 1 aliphatic heterocycles. The molecule has 0 spiro atoms. The highest BCUT2D eigenvalue weighted by Crippen LogP contribution is 2.40. The number of hydrogen-bond acceptors (Lipinski definition) is 2. The minimum atomic E-state index is -0.935. The molecule has 22 heavy (non-hydrogen) atoms. The normalized spacial score (nSPS) is 25.8. The van der Waals surface area contributed by atoms with Gasteiger partial charge in [0.2, 0.25) is 0 Å². The zero-order valence-corrected chi connectivity index (χ0v) is 13.5. The maximum absolute atomic E-state index is 12.6. The van der Waals surface area contributed by atoms with Crippen molar-refractivity contribution in [3.8, 4) is 0 Å². The minimum absolute atomic E-state index is 0.0322. The van der Waals surface area contributed by atoms with E-state index in [9.17, 15) is 9.90 Å². The molecule has 1 amide bonds. The van der Waals surface area contributed by atoms with Gasteiger partial charge >= 0.3 is 0 Å². The Labute approximate surface area is 132 Å². The number of nitrogens with zero attached hydrogens (tertiary/aromatic N) is 1. The molecule has 0 radical (unpaired) electrons. The van der Waals surface area contributed by atoms with Crippen molar-refractivity contribution < 1.29 is 9.90 Å². The topological polar surface area (TPSA) is 40.5 Å². The lowest BCUT2D eigenvalue weighted by Crippen LogP contribution is -2.54. The fourth-order valence-corrected chi connectivity index (χ4v) is 3.98. The molecule has 1 aromatic rings. The molecular weight excluding hydrogens is 274 g/mol. The van der Waals surface area contributed by atoms with E-state index >= 15 is 0 Å². The lowest BCUT2D eigenvalue weighted by Gasteiger charge is -2.44. The standard InChI is InChI=1S/C19H25NO2/c1-13-8-4-7-11-17(13)19(3,22)14(2)20-12-15-9-5-6-10-16(15)18(20)21/h5-6,9-10,14,17,22H,1,4,7-8,11-12H2,2-3H3/t14-,17-,19-/m0/s1. The smallest absolute Gasteiger partial charge is 0.254 e. The van der Waals surface area contributed by atoms with Crippen molar-refractivity contribution >= 4 is 5.91 Å². The van der Waals surface area contributed by atoms with Crippen molar-refractivity contribution in [2.45, 2.75) is 57.7 Å². The van der Waals surface area contributed by atoms with Crippen LogP contribution in [0.25, 0.3) is 0 Å².